The smallest absolute Gasteiger partial charge is 0.119 e. The molecule has 1 aromatic carbocycles. The second-order valence-electron chi connectivity index (χ2n) is 4.00. The van der Waals surface area contributed by atoms with E-state index in [1.54, 1.807) is 7.11 Å². The van der Waals surface area contributed by atoms with Crippen LogP contribution in [0.5, 0.6) is 5.75 Å². The van der Waals surface area contributed by atoms with E-state index < -0.39 is 0 Å². The van der Waals surface area contributed by atoms with E-state index in [-0.39, 0.29) is 0 Å². The van der Waals surface area contributed by atoms with Gasteiger partial charge in [-0.05, 0) is 31.0 Å². The minimum absolute atomic E-state index is 0.420. The molecule has 88 valence electrons. The van der Waals surface area contributed by atoms with Gasteiger partial charge in [-0.1, -0.05) is 0 Å². The monoisotopic (exact) mass is 222 g/mol. The van der Waals surface area contributed by atoms with E-state index in [0.717, 1.165) is 24.4 Å². The molecule has 0 saturated carbocycles. The molecule has 0 amide bonds. The molecule has 1 fully saturated rings. The number of hydrogen-bond acceptors (Lipinski definition) is 4. The average molecular weight is 222 g/mol. The van der Waals surface area contributed by atoms with Crippen molar-refractivity contribution in [3.8, 4) is 5.75 Å². The molecule has 4 heteroatoms. The van der Waals surface area contributed by atoms with E-state index in [0.29, 0.717) is 6.61 Å². The first-order valence-electron chi connectivity index (χ1n) is 5.58. The van der Waals surface area contributed by atoms with Gasteiger partial charge in [0.2, 0.25) is 0 Å². The Morgan fingerprint density at radius 1 is 1.31 bits per heavy atom. The summed E-state index contributed by atoms with van der Waals surface area (Å²) in [4.78, 5) is 7.11. The van der Waals surface area contributed by atoms with Crippen LogP contribution in [0.3, 0.4) is 0 Å². The molecule has 0 radical (unpaired) electrons. The summed E-state index contributed by atoms with van der Waals surface area (Å²) >= 11 is 0. The van der Waals surface area contributed by atoms with E-state index in [9.17, 15) is 0 Å². The van der Waals surface area contributed by atoms with Gasteiger partial charge in [0.05, 0.1) is 13.7 Å². The van der Waals surface area contributed by atoms with Crippen molar-refractivity contribution in [3.63, 3.8) is 0 Å². The van der Waals surface area contributed by atoms with Gasteiger partial charge < -0.3 is 9.64 Å². The van der Waals surface area contributed by atoms with Crippen molar-refractivity contribution >= 4 is 5.69 Å². The maximum Gasteiger partial charge on any atom is 0.119 e. The highest BCUT2D eigenvalue weighted by atomic mass is 16.6. The lowest BCUT2D eigenvalue weighted by Crippen LogP contribution is -2.19. The van der Waals surface area contributed by atoms with Crippen molar-refractivity contribution < 1.29 is 9.57 Å². The molecule has 1 saturated heterocycles. The van der Waals surface area contributed by atoms with Crippen LogP contribution in [-0.4, -0.2) is 20.2 Å². The molecule has 0 aromatic heterocycles. The van der Waals surface area contributed by atoms with Crippen molar-refractivity contribution in [1.82, 2.24) is 0 Å². The summed E-state index contributed by atoms with van der Waals surface area (Å²) in [5.41, 5.74) is 2.30. The third-order valence-electron chi connectivity index (χ3n) is 2.97. The van der Waals surface area contributed by atoms with Crippen molar-refractivity contribution in [1.29, 1.82) is 0 Å². The van der Waals surface area contributed by atoms with E-state index in [1.165, 1.54) is 18.5 Å². The summed E-state index contributed by atoms with van der Waals surface area (Å²) in [5, 5.41) is 0. The highest BCUT2D eigenvalue weighted by Gasteiger charge is 2.16. The minimum atomic E-state index is 0.420. The van der Waals surface area contributed by atoms with Crippen molar-refractivity contribution in [2.75, 3.05) is 25.1 Å². The largest absolute Gasteiger partial charge is 0.497 e. The fourth-order valence-electron chi connectivity index (χ4n) is 2.16. The Morgan fingerprint density at radius 3 is 2.69 bits per heavy atom. The third kappa shape index (κ3) is 2.28. The molecule has 2 rings (SSSR count). The maximum absolute atomic E-state index is 5.20. The Labute approximate surface area is 95.9 Å². The number of nitrogens with zero attached hydrogens (tertiary/aromatic N) is 1. The van der Waals surface area contributed by atoms with Crippen molar-refractivity contribution in [2.45, 2.75) is 19.4 Å². The van der Waals surface area contributed by atoms with Crippen LogP contribution in [0.2, 0.25) is 0 Å². The van der Waals surface area contributed by atoms with E-state index in [2.05, 4.69) is 11.0 Å². The zero-order valence-corrected chi connectivity index (χ0v) is 9.61. The first-order valence-corrected chi connectivity index (χ1v) is 5.58. The van der Waals surface area contributed by atoms with Crippen molar-refractivity contribution in [3.05, 3.63) is 23.8 Å². The van der Waals surface area contributed by atoms with Crippen LogP contribution in [-0.2, 0) is 11.4 Å². The molecule has 0 bridgehead atoms. The van der Waals surface area contributed by atoms with Crippen LogP contribution in [0.1, 0.15) is 18.4 Å². The number of anilines is 1. The summed E-state index contributed by atoms with van der Waals surface area (Å²) in [7, 11) is 1.66. The fraction of sp³-hybridized carbons (Fsp3) is 0.500. The van der Waals surface area contributed by atoms with Crippen LogP contribution in [0.25, 0.3) is 0 Å². The molecule has 0 spiro atoms. The molecule has 16 heavy (non-hydrogen) atoms. The van der Waals surface area contributed by atoms with E-state index in [4.69, 9.17) is 15.5 Å². The van der Waals surface area contributed by atoms with Crippen LogP contribution in [0.15, 0.2) is 18.2 Å². The molecule has 0 unspecified atom stereocenters. The van der Waals surface area contributed by atoms with Gasteiger partial charge in [0.25, 0.3) is 0 Å². The molecular formula is C12H18N2O2. The lowest BCUT2D eigenvalue weighted by atomic mass is 10.1. The minimum Gasteiger partial charge on any atom is -0.497 e. The van der Waals surface area contributed by atoms with Gasteiger partial charge in [-0.3, -0.25) is 4.84 Å². The lowest BCUT2D eigenvalue weighted by molar-refractivity contribution is 0.124. The quantitative estimate of drug-likeness (QED) is 0.787. The fourth-order valence-corrected chi connectivity index (χ4v) is 2.16. The first-order chi connectivity index (χ1) is 7.85. The summed E-state index contributed by atoms with van der Waals surface area (Å²) in [5.74, 6) is 6.00. The normalized spacial score (nSPS) is 15.5. The highest BCUT2D eigenvalue weighted by molar-refractivity contribution is 5.56. The molecular weight excluding hydrogens is 204 g/mol. The molecule has 2 N–H and O–H groups in total. The van der Waals surface area contributed by atoms with Crippen LogP contribution in [0.4, 0.5) is 5.69 Å². The second-order valence-corrected chi connectivity index (χ2v) is 4.00. The maximum atomic E-state index is 5.20. The number of nitrogens with two attached hydrogens (primary N) is 1. The van der Waals surface area contributed by atoms with Crippen LogP contribution >= 0.6 is 0 Å². The van der Waals surface area contributed by atoms with Crippen LogP contribution in [0, 0.1) is 0 Å². The van der Waals surface area contributed by atoms with Gasteiger partial charge in [0, 0.05) is 24.3 Å². The SMILES string of the molecule is COc1ccc(N2CCCC2)c(CON)c1. The summed E-state index contributed by atoms with van der Waals surface area (Å²) < 4.78 is 5.20. The van der Waals surface area contributed by atoms with Gasteiger partial charge in [0.15, 0.2) is 0 Å². The summed E-state index contributed by atoms with van der Waals surface area (Å²) in [6.07, 6.45) is 2.52. The number of methoxy groups -OCH3 is 1. The Hall–Kier alpha value is -1.26. The highest BCUT2D eigenvalue weighted by Crippen LogP contribution is 2.28. The Bertz CT molecular complexity index is 349. The predicted molar refractivity (Wildman–Crippen MR) is 63.4 cm³/mol. The number of rotatable bonds is 4. The zero-order valence-electron chi connectivity index (χ0n) is 9.61. The Kier molecular flexibility index (Phi) is 3.64. The second kappa shape index (κ2) is 5.18. The predicted octanol–water partition coefficient (Wildman–Crippen LogP) is 1.69. The third-order valence-corrected chi connectivity index (χ3v) is 2.97. The van der Waals surface area contributed by atoms with Gasteiger partial charge in [0.1, 0.15) is 5.75 Å². The topological polar surface area (TPSA) is 47.7 Å². The molecule has 1 aliphatic rings. The molecule has 1 aliphatic heterocycles. The molecule has 1 aromatic rings. The average Bonchev–Trinajstić information content (AvgIpc) is 2.83. The van der Waals surface area contributed by atoms with E-state index >= 15 is 0 Å². The summed E-state index contributed by atoms with van der Waals surface area (Å²) in [6, 6.07) is 6.05. The molecule has 1 heterocycles. The van der Waals surface area contributed by atoms with Gasteiger partial charge >= 0.3 is 0 Å². The standard InChI is InChI=1S/C12H18N2O2/c1-15-11-4-5-12(10(8-11)9-16-13)14-6-2-3-7-14/h4-5,8H,2-3,6-7,9,13H2,1H3. The van der Waals surface area contributed by atoms with Crippen LogP contribution < -0.4 is 15.5 Å². The Morgan fingerprint density at radius 2 is 2.06 bits per heavy atom. The number of benzene rings is 1. The van der Waals surface area contributed by atoms with Crippen molar-refractivity contribution in [2.24, 2.45) is 5.90 Å². The number of hydrogen-bond donors (Lipinski definition) is 1. The zero-order chi connectivity index (χ0) is 11.4. The van der Waals surface area contributed by atoms with E-state index in [1.807, 2.05) is 12.1 Å². The molecule has 0 atom stereocenters. The molecule has 4 nitrogen and oxygen atoms in total. The van der Waals surface area contributed by atoms with Gasteiger partial charge in [-0.25, -0.2) is 5.90 Å². The van der Waals surface area contributed by atoms with Gasteiger partial charge in [-0.15, -0.1) is 0 Å². The molecule has 0 aliphatic carbocycles. The Balaban J connectivity index is 2.27. The summed E-state index contributed by atoms with van der Waals surface area (Å²) in [6.45, 7) is 2.65. The van der Waals surface area contributed by atoms with Gasteiger partial charge in [-0.2, -0.15) is 0 Å². The number of ether oxygens (including phenoxy) is 1. The lowest BCUT2D eigenvalue weighted by Gasteiger charge is -2.21. The first kappa shape index (κ1) is 11.2.